The van der Waals surface area contributed by atoms with E-state index in [1.165, 1.54) is 0 Å². The van der Waals surface area contributed by atoms with E-state index in [-0.39, 0.29) is 24.4 Å². The van der Waals surface area contributed by atoms with E-state index in [0.29, 0.717) is 13.0 Å². The number of oxime groups is 1. The van der Waals surface area contributed by atoms with Gasteiger partial charge in [-0.3, -0.25) is 0 Å². The van der Waals surface area contributed by atoms with Crippen LogP contribution in [0.1, 0.15) is 25.8 Å². The van der Waals surface area contributed by atoms with Crippen molar-refractivity contribution in [2.24, 2.45) is 5.16 Å². The molecule has 2 saturated heterocycles. The molecule has 0 aliphatic carbocycles. The molecule has 136 valence electrons. The molecule has 4 rings (SSSR count). The van der Waals surface area contributed by atoms with Gasteiger partial charge in [0.1, 0.15) is 24.4 Å². The molecular weight excluding hydrogens is 390 g/mol. The molecule has 3 heterocycles. The van der Waals surface area contributed by atoms with Crippen molar-refractivity contribution in [2.45, 2.75) is 63.4 Å². The van der Waals surface area contributed by atoms with E-state index in [9.17, 15) is 0 Å². The zero-order valence-corrected chi connectivity index (χ0v) is 15.8. The number of alkyl halides is 1. The van der Waals surface area contributed by atoms with Gasteiger partial charge in [-0.15, -0.1) is 0 Å². The highest BCUT2D eigenvalue weighted by atomic mass is 79.9. The van der Waals surface area contributed by atoms with Crippen molar-refractivity contribution in [1.29, 1.82) is 0 Å². The van der Waals surface area contributed by atoms with Gasteiger partial charge in [0.05, 0.1) is 12.3 Å². The van der Waals surface area contributed by atoms with Gasteiger partial charge in [0.15, 0.2) is 12.1 Å². The molecule has 0 spiro atoms. The first-order valence-corrected chi connectivity index (χ1v) is 9.63. The fraction of sp³-hybridized carbons (Fsp3) is 0.611. The zero-order valence-electron chi connectivity index (χ0n) is 14.3. The molecule has 7 heteroatoms. The summed E-state index contributed by atoms with van der Waals surface area (Å²) in [5, 5.41) is 4.94. The number of fused-ring (bicyclic) bond motifs is 1. The second-order valence-electron chi connectivity index (χ2n) is 6.95. The summed E-state index contributed by atoms with van der Waals surface area (Å²) < 4.78 is 24.2. The summed E-state index contributed by atoms with van der Waals surface area (Å²) >= 11 is 3.43. The van der Waals surface area contributed by atoms with Gasteiger partial charge in [-0.05, 0) is 19.4 Å². The first kappa shape index (κ1) is 17.4. The molecule has 0 radical (unpaired) electrons. The Morgan fingerprint density at radius 1 is 1.24 bits per heavy atom. The maximum Gasteiger partial charge on any atom is 0.190 e. The van der Waals surface area contributed by atoms with Crippen LogP contribution in [0.2, 0.25) is 0 Å². The van der Waals surface area contributed by atoms with Crippen LogP contribution in [0.15, 0.2) is 35.5 Å². The van der Waals surface area contributed by atoms with Gasteiger partial charge in [-0.25, -0.2) is 0 Å². The van der Waals surface area contributed by atoms with E-state index < -0.39 is 12.1 Å². The smallest absolute Gasteiger partial charge is 0.190 e. The minimum absolute atomic E-state index is 0.0343. The van der Waals surface area contributed by atoms with Gasteiger partial charge in [0.25, 0.3) is 0 Å². The van der Waals surface area contributed by atoms with E-state index in [2.05, 4.69) is 21.1 Å². The summed E-state index contributed by atoms with van der Waals surface area (Å²) in [6.07, 6.45) is -0.598. The summed E-state index contributed by atoms with van der Waals surface area (Å²) in [6, 6.07) is 10.1. The van der Waals surface area contributed by atoms with E-state index in [4.69, 9.17) is 23.8 Å². The lowest BCUT2D eigenvalue weighted by Gasteiger charge is -2.25. The van der Waals surface area contributed by atoms with Crippen molar-refractivity contribution in [3.8, 4) is 0 Å². The Kier molecular flexibility index (Phi) is 4.85. The number of hydrogen-bond acceptors (Lipinski definition) is 6. The summed E-state index contributed by atoms with van der Waals surface area (Å²) in [6.45, 7) is 4.25. The van der Waals surface area contributed by atoms with Gasteiger partial charge in [0.2, 0.25) is 0 Å². The normalized spacial score (nSPS) is 36.1. The summed E-state index contributed by atoms with van der Waals surface area (Å²) in [7, 11) is 0. The average Bonchev–Trinajstić information content (AvgIpc) is 3.26. The van der Waals surface area contributed by atoms with Crippen molar-refractivity contribution >= 4 is 21.6 Å². The Morgan fingerprint density at radius 3 is 2.76 bits per heavy atom. The summed E-state index contributed by atoms with van der Waals surface area (Å²) in [4.78, 5) is 5.43. The van der Waals surface area contributed by atoms with Crippen LogP contribution in [0.4, 0.5) is 0 Å². The molecule has 5 atom stereocenters. The first-order chi connectivity index (χ1) is 12.1. The molecule has 1 unspecified atom stereocenters. The summed E-state index contributed by atoms with van der Waals surface area (Å²) in [5.74, 6) is -0.680. The van der Waals surface area contributed by atoms with Gasteiger partial charge < -0.3 is 23.8 Å². The Balaban J connectivity index is 1.50. The quantitative estimate of drug-likeness (QED) is 0.697. The number of nitrogens with zero attached hydrogens (tertiary/aromatic N) is 1. The van der Waals surface area contributed by atoms with E-state index in [1.807, 2.05) is 44.2 Å². The predicted molar refractivity (Wildman–Crippen MR) is 94.4 cm³/mol. The van der Waals surface area contributed by atoms with Crippen LogP contribution in [0.3, 0.4) is 0 Å². The molecule has 1 aromatic carbocycles. The number of benzene rings is 1. The standard InChI is InChI=1S/C18H22BrNO5/c1-18(2)23-16-15(21-10-11-6-4-3-5-7-11)14(22-17(16)24-18)13-8-12(9-19)25-20-13/h3-7,12,14-17H,8-10H2,1-2H3/t12?,14-,15+,16-,17-/m1/s1. The Bertz CT molecular complexity index is 638. The van der Waals surface area contributed by atoms with Gasteiger partial charge >= 0.3 is 0 Å². The fourth-order valence-corrected chi connectivity index (χ4v) is 3.74. The van der Waals surface area contributed by atoms with Gasteiger partial charge in [-0.2, -0.15) is 0 Å². The molecule has 1 aromatic rings. The molecule has 0 N–H and O–H groups in total. The lowest BCUT2D eigenvalue weighted by Crippen LogP contribution is -2.40. The second-order valence-corrected chi connectivity index (χ2v) is 7.60. The lowest BCUT2D eigenvalue weighted by atomic mass is 10.0. The van der Waals surface area contributed by atoms with Crippen LogP contribution in [0, 0.1) is 0 Å². The van der Waals surface area contributed by atoms with Crippen LogP contribution in [-0.4, -0.2) is 47.5 Å². The van der Waals surface area contributed by atoms with Crippen molar-refractivity contribution in [2.75, 3.05) is 5.33 Å². The van der Waals surface area contributed by atoms with E-state index in [0.717, 1.165) is 16.6 Å². The van der Waals surface area contributed by atoms with Crippen LogP contribution >= 0.6 is 15.9 Å². The molecule has 0 amide bonds. The van der Waals surface area contributed by atoms with Crippen LogP contribution in [0.5, 0.6) is 0 Å². The number of hydrogen-bond donors (Lipinski definition) is 0. The van der Waals surface area contributed by atoms with Crippen LogP contribution in [0.25, 0.3) is 0 Å². The molecule has 6 nitrogen and oxygen atoms in total. The molecule has 25 heavy (non-hydrogen) atoms. The first-order valence-electron chi connectivity index (χ1n) is 8.51. The third-order valence-electron chi connectivity index (χ3n) is 4.53. The van der Waals surface area contributed by atoms with Crippen LogP contribution < -0.4 is 0 Å². The van der Waals surface area contributed by atoms with Gasteiger partial charge in [-0.1, -0.05) is 51.4 Å². The third-order valence-corrected chi connectivity index (χ3v) is 5.25. The van der Waals surface area contributed by atoms with Gasteiger partial charge in [0, 0.05) is 11.8 Å². The predicted octanol–water partition coefficient (Wildman–Crippen LogP) is 2.99. The van der Waals surface area contributed by atoms with Crippen molar-refractivity contribution in [3.63, 3.8) is 0 Å². The maximum absolute atomic E-state index is 6.21. The molecule has 3 aliphatic rings. The summed E-state index contributed by atoms with van der Waals surface area (Å²) in [5.41, 5.74) is 1.95. The molecular formula is C18H22BrNO5. The highest BCUT2D eigenvalue weighted by Gasteiger charge is 2.57. The second kappa shape index (κ2) is 6.96. The zero-order chi connectivity index (χ0) is 17.4. The SMILES string of the molecule is CC1(C)O[C@H]2O[C@H](C3=NOC(CBr)C3)[C@H](OCc3ccccc3)[C@H]2O1. The lowest BCUT2D eigenvalue weighted by molar-refractivity contribution is -0.210. The number of rotatable bonds is 5. The molecule has 3 aliphatic heterocycles. The Morgan fingerprint density at radius 2 is 2.04 bits per heavy atom. The maximum atomic E-state index is 6.21. The highest BCUT2D eigenvalue weighted by Crippen LogP contribution is 2.40. The molecule has 0 aromatic heterocycles. The van der Waals surface area contributed by atoms with E-state index >= 15 is 0 Å². The monoisotopic (exact) mass is 411 g/mol. The fourth-order valence-electron chi connectivity index (χ4n) is 3.40. The Hall–Kier alpha value is -0.990. The molecule has 2 fully saturated rings. The third kappa shape index (κ3) is 3.61. The topological polar surface area (TPSA) is 58.5 Å². The number of ether oxygens (including phenoxy) is 4. The minimum atomic E-state index is -0.680. The largest absolute Gasteiger partial charge is 0.391 e. The number of halogens is 1. The average molecular weight is 412 g/mol. The highest BCUT2D eigenvalue weighted by molar-refractivity contribution is 9.09. The Labute approximate surface area is 155 Å². The van der Waals surface area contributed by atoms with Crippen LogP contribution in [-0.2, 0) is 30.4 Å². The van der Waals surface area contributed by atoms with E-state index in [1.54, 1.807) is 0 Å². The minimum Gasteiger partial charge on any atom is -0.391 e. The van der Waals surface area contributed by atoms with Crippen molar-refractivity contribution in [3.05, 3.63) is 35.9 Å². The van der Waals surface area contributed by atoms with Crippen molar-refractivity contribution < 1.29 is 23.8 Å². The molecule has 0 bridgehead atoms. The van der Waals surface area contributed by atoms with Crippen molar-refractivity contribution in [1.82, 2.24) is 0 Å². The molecule has 0 saturated carbocycles.